The SMILES string of the molecule is CCOC(=O)N/N=C(\CC)NO. The van der Waals surface area contributed by atoms with Crippen LogP contribution in [-0.4, -0.2) is 23.7 Å². The lowest BCUT2D eigenvalue weighted by atomic mass is 10.5. The first-order chi connectivity index (χ1) is 5.74. The highest BCUT2D eigenvalue weighted by atomic mass is 16.5. The summed E-state index contributed by atoms with van der Waals surface area (Å²) in [7, 11) is 0. The fourth-order valence-corrected chi connectivity index (χ4v) is 0.460. The number of hydroxylamine groups is 1. The Kier molecular flexibility index (Phi) is 5.72. The zero-order chi connectivity index (χ0) is 9.40. The number of amides is 1. The minimum atomic E-state index is -0.640. The van der Waals surface area contributed by atoms with Gasteiger partial charge in [-0.05, 0) is 6.92 Å². The van der Waals surface area contributed by atoms with Crippen molar-refractivity contribution in [1.29, 1.82) is 0 Å². The average Bonchev–Trinajstić information content (AvgIpc) is 2.07. The summed E-state index contributed by atoms with van der Waals surface area (Å²) < 4.78 is 4.51. The van der Waals surface area contributed by atoms with Crippen LogP contribution >= 0.6 is 0 Å². The van der Waals surface area contributed by atoms with Crippen LogP contribution in [0.2, 0.25) is 0 Å². The zero-order valence-electron chi connectivity index (χ0n) is 7.13. The van der Waals surface area contributed by atoms with Crippen molar-refractivity contribution in [3.8, 4) is 0 Å². The van der Waals surface area contributed by atoms with Gasteiger partial charge in [0.25, 0.3) is 0 Å². The van der Waals surface area contributed by atoms with Crippen LogP contribution in [0, 0.1) is 0 Å². The Balaban J connectivity index is 3.76. The molecule has 3 N–H and O–H groups in total. The van der Waals surface area contributed by atoms with Gasteiger partial charge in [-0.3, -0.25) is 10.7 Å². The summed E-state index contributed by atoms with van der Waals surface area (Å²) in [5.74, 6) is 0.267. The number of carbonyl (C=O) groups excluding carboxylic acids is 1. The molecule has 0 aromatic heterocycles. The number of hydrogen-bond donors (Lipinski definition) is 3. The highest BCUT2D eigenvalue weighted by Crippen LogP contribution is 1.80. The lowest BCUT2D eigenvalue weighted by Crippen LogP contribution is -2.26. The molecule has 0 aromatic rings. The molecule has 6 nitrogen and oxygen atoms in total. The Morgan fingerprint density at radius 2 is 2.25 bits per heavy atom. The molecule has 0 aliphatic carbocycles. The van der Waals surface area contributed by atoms with E-state index in [1.54, 1.807) is 13.8 Å². The van der Waals surface area contributed by atoms with Crippen LogP contribution in [0.25, 0.3) is 0 Å². The molecule has 12 heavy (non-hydrogen) atoms. The molecule has 0 spiro atoms. The second kappa shape index (κ2) is 6.41. The van der Waals surface area contributed by atoms with Crippen molar-refractivity contribution >= 4 is 11.9 Å². The largest absolute Gasteiger partial charge is 0.449 e. The van der Waals surface area contributed by atoms with Gasteiger partial charge in [-0.25, -0.2) is 10.2 Å². The summed E-state index contributed by atoms with van der Waals surface area (Å²) in [4.78, 5) is 10.6. The minimum Gasteiger partial charge on any atom is -0.449 e. The Morgan fingerprint density at radius 1 is 1.58 bits per heavy atom. The summed E-state index contributed by atoms with van der Waals surface area (Å²) >= 11 is 0. The van der Waals surface area contributed by atoms with Crippen LogP contribution in [-0.2, 0) is 4.74 Å². The van der Waals surface area contributed by atoms with E-state index in [4.69, 9.17) is 5.21 Å². The molecule has 0 fully saturated rings. The topological polar surface area (TPSA) is 83.0 Å². The monoisotopic (exact) mass is 175 g/mol. The predicted octanol–water partition coefficient (Wildman–Crippen LogP) is 0.435. The Hall–Kier alpha value is -1.30. The molecule has 0 saturated carbocycles. The normalized spacial score (nSPS) is 10.8. The zero-order valence-corrected chi connectivity index (χ0v) is 7.13. The van der Waals surface area contributed by atoms with Crippen molar-refractivity contribution in [3.63, 3.8) is 0 Å². The van der Waals surface area contributed by atoms with E-state index in [0.717, 1.165) is 0 Å². The second-order valence-electron chi connectivity index (χ2n) is 1.86. The summed E-state index contributed by atoms with van der Waals surface area (Å²) in [6.07, 6.45) is -0.151. The van der Waals surface area contributed by atoms with E-state index >= 15 is 0 Å². The van der Waals surface area contributed by atoms with Gasteiger partial charge in [0, 0.05) is 6.42 Å². The van der Waals surface area contributed by atoms with Crippen LogP contribution < -0.4 is 10.9 Å². The molecule has 0 rings (SSSR count). The highest BCUT2D eigenvalue weighted by molar-refractivity contribution is 5.81. The maximum absolute atomic E-state index is 10.6. The van der Waals surface area contributed by atoms with E-state index < -0.39 is 6.09 Å². The molecule has 0 unspecified atom stereocenters. The average molecular weight is 175 g/mol. The molecule has 0 atom stereocenters. The third kappa shape index (κ3) is 4.51. The van der Waals surface area contributed by atoms with Gasteiger partial charge < -0.3 is 4.74 Å². The van der Waals surface area contributed by atoms with Gasteiger partial charge in [0.05, 0.1) is 6.61 Å². The van der Waals surface area contributed by atoms with E-state index in [9.17, 15) is 4.79 Å². The number of ether oxygens (including phenoxy) is 1. The molecular weight excluding hydrogens is 162 g/mol. The number of nitrogens with one attached hydrogen (secondary N) is 2. The first kappa shape index (κ1) is 10.7. The lowest BCUT2D eigenvalue weighted by molar-refractivity contribution is 0.152. The first-order valence-corrected chi connectivity index (χ1v) is 3.64. The van der Waals surface area contributed by atoms with Crippen molar-refractivity contribution in [3.05, 3.63) is 0 Å². The van der Waals surface area contributed by atoms with Gasteiger partial charge in [0.2, 0.25) is 0 Å². The molecule has 0 aromatic carbocycles. The van der Waals surface area contributed by atoms with Gasteiger partial charge in [-0.2, -0.15) is 5.10 Å². The maximum atomic E-state index is 10.6. The number of rotatable bonds is 3. The Morgan fingerprint density at radius 3 is 2.67 bits per heavy atom. The van der Waals surface area contributed by atoms with Crippen LogP contribution in [0.5, 0.6) is 0 Å². The molecular formula is C6H13N3O3. The van der Waals surface area contributed by atoms with Gasteiger partial charge in [0.15, 0.2) is 0 Å². The van der Waals surface area contributed by atoms with E-state index in [1.807, 2.05) is 5.48 Å². The fourth-order valence-electron chi connectivity index (χ4n) is 0.460. The van der Waals surface area contributed by atoms with Crippen molar-refractivity contribution in [2.75, 3.05) is 6.61 Å². The first-order valence-electron chi connectivity index (χ1n) is 3.64. The van der Waals surface area contributed by atoms with Crippen LogP contribution in [0.1, 0.15) is 20.3 Å². The van der Waals surface area contributed by atoms with Crippen LogP contribution in [0.3, 0.4) is 0 Å². The molecule has 0 saturated heterocycles. The van der Waals surface area contributed by atoms with Crippen LogP contribution in [0.15, 0.2) is 5.10 Å². The summed E-state index contributed by atoms with van der Waals surface area (Å²) in [6.45, 7) is 3.75. The molecule has 0 heterocycles. The molecule has 1 amide bonds. The van der Waals surface area contributed by atoms with E-state index in [-0.39, 0.29) is 12.4 Å². The number of amidine groups is 1. The number of carbonyl (C=O) groups is 1. The fraction of sp³-hybridized carbons (Fsp3) is 0.667. The molecule has 70 valence electrons. The summed E-state index contributed by atoms with van der Waals surface area (Å²) in [6, 6.07) is 0. The Labute approximate surface area is 70.6 Å². The third-order valence-corrected chi connectivity index (χ3v) is 1.02. The van der Waals surface area contributed by atoms with Crippen molar-refractivity contribution < 1.29 is 14.7 Å². The highest BCUT2D eigenvalue weighted by Gasteiger charge is 1.98. The van der Waals surface area contributed by atoms with E-state index in [1.165, 1.54) is 0 Å². The maximum Gasteiger partial charge on any atom is 0.427 e. The van der Waals surface area contributed by atoms with E-state index in [0.29, 0.717) is 6.42 Å². The standard InChI is InChI=1S/C6H13N3O3/c1-3-5(9-11)7-8-6(10)12-4-2/h11H,3-4H2,1-2H3,(H,7,9)(H,8,10). The van der Waals surface area contributed by atoms with E-state index in [2.05, 4.69) is 15.3 Å². The van der Waals surface area contributed by atoms with Gasteiger partial charge in [-0.15, -0.1) is 0 Å². The minimum absolute atomic E-state index is 0.267. The molecule has 0 radical (unpaired) electrons. The summed E-state index contributed by atoms with van der Waals surface area (Å²) in [5.41, 5.74) is 3.92. The lowest BCUT2D eigenvalue weighted by Gasteiger charge is -2.02. The Bertz CT molecular complexity index is 163. The molecule has 0 bridgehead atoms. The number of nitrogens with zero attached hydrogens (tertiary/aromatic N) is 1. The molecule has 6 heteroatoms. The smallest absolute Gasteiger partial charge is 0.427 e. The summed E-state index contributed by atoms with van der Waals surface area (Å²) in [5, 5.41) is 11.9. The van der Waals surface area contributed by atoms with Crippen molar-refractivity contribution in [1.82, 2.24) is 10.9 Å². The third-order valence-electron chi connectivity index (χ3n) is 1.02. The van der Waals surface area contributed by atoms with Crippen molar-refractivity contribution in [2.45, 2.75) is 20.3 Å². The predicted molar refractivity (Wildman–Crippen MR) is 42.8 cm³/mol. The number of hydrogen-bond acceptors (Lipinski definition) is 4. The molecule has 0 aliphatic rings. The second-order valence-corrected chi connectivity index (χ2v) is 1.86. The number of hydrazone groups is 1. The van der Waals surface area contributed by atoms with Gasteiger partial charge in [0.1, 0.15) is 5.84 Å². The van der Waals surface area contributed by atoms with Gasteiger partial charge >= 0.3 is 6.09 Å². The quantitative estimate of drug-likeness (QED) is 0.330. The molecule has 0 aliphatic heterocycles. The van der Waals surface area contributed by atoms with Gasteiger partial charge in [-0.1, -0.05) is 6.92 Å². The van der Waals surface area contributed by atoms with Crippen molar-refractivity contribution in [2.24, 2.45) is 5.10 Å². The van der Waals surface area contributed by atoms with Crippen LogP contribution in [0.4, 0.5) is 4.79 Å².